The lowest BCUT2D eigenvalue weighted by Gasteiger charge is -2.08. The average molecular weight is 403 g/mol. The third kappa shape index (κ3) is 4.30. The molecule has 1 aromatic heterocycles. The van der Waals surface area contributed by atoms with Gasteiger partial charge in [0.05, 0.1) is 5.39 Å². The molecule has 0 aliphatic heterocycles. The van der Waals surface area contributed by atoms with Crippen LogP contribution in [-0.2, 0) is 16.1 Å². The van der Waals surface area contributed by atoms with Crippen LogP contribution in [0.5, 0.6) is 5.75 Å². The molecule has 7 nitrogen and oxygen atoms in total. The molecule has 1 heterocycles. The molecule has 4 aromatic rings. The molecule has 0 bridgehead atoms. The van der Waals surface area contributed by atoms with Gasteiger partial charge in [-0.3, -0.25) is 0 Å². The molecule has 0 saturated carbocycles. The Bertz CT molecular complexity index is 1280. The van der Waals surface area contributed by atoms with E-state index in [9.17, 15) is 14.4 Å². The Morgan fingerprint density at radius 2 is 1.60 bits per heavy atom. The summed E-state index contributed by atoms with van der Waals surface area (Å²) < 4.78 is 15.6. The van der Waals surface area contributed by atoms with Crippen LogP contribution in [0.25, 0.3) is 21.7 Å². The summed E-state index contributed by atoms with van der Waals surface area (Å²) in [7, 11) is 0. The highest BCUT2D eigenvalue weighted by Crippen LogP contribution is 2.26. The second kappa shape index (κ2) is 8.48. The average Bonchev–Trinajstić information content (AvgIpc) is 2.77. The first-order valence-corrected chi connectivity index (χ1v) is 9.21. The second-order valence-corrected chi connectivity index (χ2v) is 6.48. The monoisotopic (exact) mass is 403 g/mol. The number of fused-ring (bicyclic) bond motifs is 3. The summed E-state index contributed by atoms with van der Waals surface area (Å²) in [5.74, 6) is -0.487. The van der Waals surface area contributed by atoms with Crippen molar-refractivity contribution in [1.29, 1.82) is 0 Å². The number of rotatable bonds is 5. The summed E-state index contributed by atoms with van der Waals surface area (Å²) in [6.45, 7) is -0.271. The van der Waals surface area contributed by atoms with Crippen LogP contribution < -0.4 is 15.7 Å². The Hall–Kier alpha value is -4.13. The van der Waals surface area contributed by atoms with Gasteiger partial charge in [-0.15, -0.1) is 0 Å². The summed E-state index contributed by atoms with van der Waals surface area (Å²) >= 11 is 0. The standard InChI is InChI=1S/C23H17NO6/c25-21(13-24-23(27)28-14-15-6-2-1-3-7-15)29-16-10-11-18-17-8-4-5-9-19(17)22(26)30-20(18)12-16/h1-12H,13-14H2,(H,24,27). The van der Waals surface area contributed by atoms with Crippen LogP contribution in [0, 0.1) is 0 Å². The zero-order valence-corrected chi connectivity index (χ0v) is 15.8. The molecular formula is C23H17NO6. The molecule has 3 aromatic carbocycles. The van der Waals surface area contributed by atoms with Crippen LogP contribution in [0.15, 0.2) is 82.0 Å². The summed E-state index contributed by atoms with van der Waals surface area (Å²) in [5, 5.41) is 4.30. The molecule has 0 unspecified atom stereocenters. The molecule has 150 valence electrons. The van der Waals surface area contributed by atoms with Crippen molar-refractivity contribution in [2.24, 2.45) is 0 Å². The van der Waals surface area contributed by atoms with Gasteiger partial charge in [0.1, 0.15) is 24.5 Å². The molecule has 0 aliphatic rings. The van der Waals surface area contributed by atoms with Gasteiger partial charge in [-0.25, -0.2) is 14.4 Å². The molecule has 0 spiro atoms. The quantitative estimate of drug-likeness (QED) is 0.236. The number of benzene rings is 3. The van der Waals surface area contributed by atoms with Crippen molar-refractivity contribution in [3.8, 4) is 5.75 Å². The fraction of sp³-hybridized carbons (Fsp3) is 0.0870. The zero-order valence-electron chi connectivity index (χ0n) is 15.8. The molecule has 1 amide bonds. The van der Waals surface area contributed by atoms with Gasteiger partial charge in [0.2, 0.25) is 0 Å². The Labute approximate surface area is 170 Å². The van der Waals surface area contributed by atoms with Crippen molar-refractivity contribution >= 4 is 33.8 Å². The molecule has 0 saturated heterocycles. The normalized spacial score (nSPS) is 10.7. The van der Waals surface area contributed by atoms with Gasteiger partial charge in [0.15, 0.2) is 0 Å². The van der Waals surface area contributed by atoms with Gasteiger partial charge < -0.3 is 19.2 Å². The van der Waals surface area contributed by atoms with E-state index in [0.29, 0.717) is 11.0 Å². The van der Waals surface area contributed by atoms with Crippen LogP contribution in [0.1, 0.15) is 5.56 Å². The maximum atomic E-state index is 12.1. The smallest absolute Gasteiger partial charge is 0.407 e. The lowest BCUT2D eigenvalue weighted by molar-refractivity contribution is -0.133. The van der Waals surface area contributed by atoms with Crippen molar-refractivity contribution in [3.05, 3.63) is 88.8 Å². The number of carbonyl (C=O) groups excluding carboxylic acids is 2. The van der Waals surface area contributed by atoms with Crippen LogP contribution in [-0.4, -0.2) is 18.6 Å². The van der Waals surface area contributed by atoms with E-state index < -0.39 is 17.7 Å². The lowest BCUT2D eigenvalue weighted by atomic mass is 10.1. The number of carbonyl (C=O) groups is 2. The summed E-state index contributed by atoms with van der Waals surface area (Å²) in [5.41, 5.74) is 0.670. The lowest BCUT2D eigenvalue weighted by Crippen LogP contribution is -2.32. The highest BCUT2D eigenvalue weighted by molar-refractivity contribution is 6.04. The molecule has 7 heteroatoms. The van der Waals surface area contributed by atoms with Gasteiger partial charge in [0, 0.05) is 11.5 Å². The van der Waals surface area contributed by atoms with Crippen molar-refractivity contribution in [2.75, 3.05) is 6.54 Å². The van der Waals surface area contributed by atoms with E-state index in [4.69, 9.17) is 13.9 Å². The van der Waals surface area contributed by atoms with Crippen LogP contribution >= 0.6 is 0 Å². The first-order chi connectivity index (χ1) is 14.6. The first kappa shape index (κ1) is 19.2. The number of esters is 1. The molecule has 0 atom stereocenters. The molecule has 0 fully saturated rings. The largest absolute Gasteiger partial charge is 0.445 e. The molecule has 30 heavy (non-hydrogen) atoms. The molecule has 0 aliphatic carbocycles. The third-order valence-corrected chi connectivity index (χ3v) is 4.41. The third-order valence-electron chi connectivity index (χ3n) is 4.41. The SMILES string of the molecule is O=C(CNC(=O)OCc1ccccc1)Oc1ccc2c(c1)oc(=O)c1ccccc12. The predicted octanol–water partition coefficient (Wildman–Crippen LogP) is 3.78. The Morgan fingerprint density at radius 1 is 0.867 bits per heavy atom. The number of nitrogens with one attached hydrogen (secondary N) is 1. The van der Waals surface area contributed by atoms with Crippen LogP contribution in [0.4, 0.5) is 4.79 Å². The van der Waals surface area contributed by atoms with Crippen molar-refractivity contribution in [3.63, 3.8) is 0 Å². The van der Waals surface area contributed by atoms with Gasteiger partial charge in [-0.1, -0.05) is 48.5 Å². The van der Waals surface area contributed by atoms with Gasteiger partial charge >= 0.3 is 17.7 Å². The zero-order chi connectivity index (χ0) is 20.9. The number of ether oxygens (including phenoxy) is 2. The maximum Gasteiger partial charge on any atom is 0.407 e. The minimum Gasteiger partial charge on any atom is -0.445 e. The highest BCUT2D eigenvalue weighted by Gasteiger charge is 2.12. The Morgan fingerprint density at radius 3 is 2.40 bits per heavy atom. The van der Waals surface area contributed by atoms with E-state index in [-0.39, 0.29) is 18.9 Å². The fourth-order valence-corrected chi connectivity index (χ4v) is 3.01. The van der Waals surface area contributed by atoms with E-state index in [1.807, 2.05) is 42.5 Å². The fourth-order valence-electron chi connectivity index (χ4n) is 3.01. The van der Waals surface area contributed by atoms with Gasteiger partial charge in [-0.05, 0) is 29.1 Å². The van der Waals surface area contributed by atoms with E-state index in [0.717, 1.165) is 16.3 Å². The molecule has 4 rings (SSSR count). The number of hydrogen-bond donors (Lipinski definition) is 1. The molecular weight excluding hydrogens is 386 g/mol. The van der Waals surface area contributed by atoms with E-state index in [1.54, 1.807) is 24.3 Å². The van der Waals surface area contributed by atoms with E-state index >= 15 is 0 Å². The van der Waals surface area contributed by atoms with Gasteiger partial charge in [0.25, 0.3) is 0 Å². The van der Waals surface area contributed by atoms with E-state index in [2.05, 4.69) is 5.32 Å². The summed E-state index contributed by atoms with van der Waals surface area (Å²) in [4.78, 5) is 35.9. The van der Waals surface area contributed by atoms with Crippen molar-refractivity contribution < 1.29 is 23.5 Å². The van der Waals surface area contributed by atoms with Crippen molar-refractivity contribution in [1.82, 2.24) is 5.32 Å². The van der Waals surface area contributed by atoms with Crippen molar-refractivity contribution in [2.45, 2.75) is 6.61 Å². The van der Waals surface area contributed by atoms with Crippen LogP contribution in [0.3, 0.4) is 0 Å². The minimum absolute atomic E-state index is 0.0966. The first-order valence-electron chi connectivity index (χ1n) is 9.21. The Kier molecular flexibility index (Phi) is 5.43. The molecule has 0 radical (unpaired) electrons. The molecule has 1 N–H and O–H groups in total. The maximum absolute atomic E-state index is 12.1. The second-order valence-electron chi connectivity index (χ2n) is 6.48. The number of hydrogen-bond acceptors (Lipinski definition) is 6. The predicted molar refractivity (Wildman–Crippen MR) is 110 cm³/mol. The summed E-state index contributed by atoms with van der Waals surface area (Å²) in [6, 6.07) is 21.1. The Balaban J connectivity index is 1.38. The van der Waals surface area contributed by atoms with Gasteiger partial charge in [-0.2, -0.15) is 0 Å². The number of amides is 1. The highest BCUT2D eigenvalue weighted by atomic mass is 16.6. The minimum atomic E-state index is -0.730. The van der Waals surface area contributed by atoms with Crippen LogP contribution in [0.2, 0.25) is 0 Å². The van der Waals surface area contributed by atoms with E-state index in [1.165, 1.54) is 6.07 Å². The number of alkyl carbamates (subject to hydrolysis) is 1. The summed E-state index contributed by atoms with van der Waals surface area (Å²) in [6.07, 6.45) is -0.730. The topological polar surface area (TPSA) is 94.8 Å².